The van der Waals surface area contributed by atoms with Gasteiger partial charge >= 0.3 is 0 Å². The molecule has 1 N–H and O–H groups in total. The Morgan fingerprint density at radius 2 is 1.62 bits per heavy atom. The van der Waals surface area contributed by atoms with Gasteiger partial charge in [-0.1, -0.05) is 72.8 Å². The molecule has 3 heteroatoms. The van der Waals surface area contributed by atoms with Crippen molar-refractivity contribution >= 4 is 22.7 Å². The zero-order valence-electron chi connectivity index (χ0n) is 21.2. The molecule has 2 aromatic carbocycles. The van der Waals surface area contributed by atoms with Gasteiger partial charge in [-0.3, -0.25) is 9.98 Å². The molecule has 3 nitrogen and oxygen atoms in total. The SMILES string of the molecule is C/C=C\C.C=C(C)C(C)=N/C=C(C)/C(C=NC)=C/CNC.Cc1ccc2ccccc2c1. The van der Waals surface area contributed by atoms with Gasteiger partial charge in [0.25, 0.3) is 0 Å². The normalized spacial score (nSPS) is 12.4. The lowest BCUT2D eigenvalue weighted by molar-refractivity contribution is 0.917. The minimum Gasteiger partial charge on any atom is -0.316 e. The zero-order chi connectivity index (χ0) is 24.4. The molecule has 0 fully saturated rings. The van der Waals surface area contributed by atoms with Gasteiger partial charge in [-0.15, -0.1) is 0 Å². The minimum absolute atomic E-state index is 0.815. The van der Waals surface area contributed by atoms with Crippen molar-refractivity contribution < 1.29 is 0 Å². The van der Waals surface area contributed by atoms with Crippen molar-refractivity contribution in [2.45, 2.75) is 41.5 Å². The maximum atomic E-state index is 4.37. The van der Waals surface area contributed by atoms with Crippen molar-refractivity contribution in [2.24, 2.45) is 9.98 Å². The summed E-state index contributed by atoms with van der Waals surface area (Å²) in [6, 6.07) is 14.9. The quantitative estimate of drug-likeness (QED) is 0.287. The Labute approximate surface area is 196 Å². The van der Waals surface area contributed by atoms with E-state index in [1.54, 1.807) is 7.05 Å². The van der Waals surface area contributed by atoms with Gasteiger partial charge in [0.15, 0.2) is 0 Å². The van der Waals surface area contributed by atoms with Crippen LogP contribution in [-0.4, -0.2) is 32.6 Å². The number of rotatable bonds is 6. The van der Waals surface area contributed by atoms with Crippen LogP contribution in [0.2, 0.25) is 0 Å². The molecule has 0 aliphatic heterocycles. The van der Waals surface area contributed by atoms with Gasteiger partial charge in [0.05, 0.1) is 0 Å². The van der Waals surface area contributed by atoms with Crippen LogP contribution in [0.4, 0.5) is 0 Å². The summed E-state index contributed by atoms with van der Waals surface area (Å²) in [5, 5.41) is 5.72. The Morgan fingerprint density at radius 3 is 2.16 bits per heavy atom. The highest BCUT2D eigenvalue weighted by Gasteiger charge is 1.96. The smallest absolute Gasteiger partial charge is 0.0395 e. The number of allylic oxidation sites excluding steroid dienone is 5. The molecule has 0 aliphatic carbocycles. The number of fused-ring (bicyclic) bond motifs is 1. The van der Waals surface area contributed by atoms with Crippen LogP contribution in [0.15, 0.2) is 100 Å². The molecule has 2 rings (SSSR count). The topological polar surface area (TPSA) is 36.8 Å². The van der Waals surface area contributed by atoms with Crippen molar-refractivity contribution in [2.75, 3.05) is 20.6 Å². The molecule has 0 saturated carbocycles. The monoisotopic (exact) mass is 431 g/mol. The maximum absolute atomic E-state index is 4.37. The lowest BCUT2D eigenvalue weighted by Gasteiger charge is -2.02. The van der Waals surface area contributed by atoms with Gasteiger partial charge in [0, 0.05) is 31.7 Å². The van der Waals surface area contributed by atoms with E-state index in [9.17, 15) is 0 Å². The van der Waals surface area contributed by atoms with E-state index in [-0.39, 0.29) is 0 Å². The van der Waals surface area contributed by atoms with E-state index in [1.165, 1.54) is 16.3 Å². The predicted octanol–water partition coefficient (Wildman–Crippen LogP) is 7.50. The van der Waals surface area contributed by atoms with Crippen molar-refractivity contribution in [3.63, 3.8) is 0 Å². The Bertz CT molecular complexity index is 969. The average Bonchev–Trinajstić information content (AvgIpc) is 2.80. The van der Waals surface area contributed by atoms with Crippen LogP contribution < -0.4 is 5.32 Å². The second kappa shape index (κ2) is 17.6. The Balaban J connectivity index is 0.000000541. The average molecular weight is 432 g/mol. The van der Waals surface area contributed by atoms with Crippen LogP contribution in [0.5, 0.6) is 0 Å². The highest BCUT2D eigenvalue weighted by atomic mass is 14.8. The fourth-order valence-corrected chi connectivity index (χ4v) is 2.35. The molecule has 0 aliphatic rings. The summed E-state index contributed by atoms with van der Waals surface area (Å²) in [6.45, 7) is 16.7. The number of nitrogens with zero attached hydrogens (tertiary/aromatic N) is 2. The summed E-state index contributed by atoms with van der Waals surface area (Å²) in [6.07, 6.45) is 9.78. The van der Waals surface area contributed by atoms with E-state index < -0.39 is 0 Å². The summed E-state index contributed by atoms with van der Waals surface area (Å²) in [5.74, 6) is 0. The van der Waals surface area contributed by atoms with Crippen molar-refractivity contribution in [3.05, 3.63) is 95.8 Å². The molecule has 0 heterocycles. The third-order valence-electron chi connectivity index (χ3n) is 4.56. The fourth-order valence-electron chi connectivity index (χ4n) is 2.35. The standard InChI is InChI=1S/C14H23N3.C11H10.C4H8/c1-11(2)13(4)17-9-12(3)14(10-16-6)7-8-15-5;1-9-6-7-10-4-2-3-5-11(10)8-9;1-3-4-2/h7,9-10,15H,1,8H2,2-6H3;2-8H,1H3;3-4H,1-2H3/b12-9+,14-7+,16-10?,17-13?;;4-3-. The first-order chi connectivity index (χ1) is 15.3. The second-order valence-corrected chi connectivity index (χ2v) is 7.43. The fraction of sp³-hybridized carbons (Fsp3) is 0.310. The zero-order valence-corrected chi connectivity index (χ0v) is 21.2. The molecule has 0 amide bonds. The molecule has 172 valence electrons. The Kier molecular flexibility index (Phi) is 15.9. The van der Waals surface area contributed by atoms with Crippen LogP contribution in [0.25, 0.3) is 10.8 Å². The summed E-state index contributed by atoms with van der Waals surface area (Å²) in [7, 11) is 3.68. The molecule has 0 radical (unpaired) electrons. The van der Waals surface area contributed by atoms with Crippen LogP contribution in [0.1, 0.15) is 40.2 Å². The van der Waals surface area contributed by atoms with Crippen LogP contribution in [-0.2, 0) is 0 Å². The van der Waals surface area contributed by atoms with Gasteiger partial charge in [-0.2, -0.15) is 0 Å². The van der Waals surface area contributed by atoms with E-state index in [2.05, 4.69) is 77.3 Å². The van der Waals surface area contributed by atoms with E-state index >= 15 is 0 Å². The molecule has 0 aromatic heterocycles. The maximum Gasteiger partial charge on any atom is 0.0395 e. The van der Waals surface area contributed by atoms with E-state index in [1.807, 2.05) is 66.2 Å². The molecule has 32 heavy (non-hydrogen) atoms. The van der Waals surface area contributed by atoms with Crippen LogP contribution in [0, 0.1) is 6.92 Å². The largest absolute Gasteiger partial charge is 0.316 e. The lowest BCUT2D eigenvalue weighted by Crippen LogP contribution is -2.06. The summed E-state index contributed by atoms with van der Waals surface area (Å²) < 4.78 is 0. The van der Waals surface area contributed by atoms with Gasteiger partial charge < -0.3 is 5.32 Å². The minimum atomic E-state index is 0.815. The highest BCUT2D eigenvalue weighted by molar-refractivity contribution is 5.97. The molecule has 2 aromatic rings. The third kappa shape index (κ3) is 12.6. The number of likely N-dealkylation sites (N-methyl/N-ethyl adjacent to an activating group) is 1. The first kappa shape index (κ1) is 29.0. The van der Waals surface area contributed by atoms with Crippen LogP contribution >= 0.6 is 0 Å². The van der Waals surface area contributed by atoms with Gasteiger partial charge in [0.1, 0.15) is 0 Å². The predicted molar refractivity (Wildman–Crippen MR) is 147 cm³/mol. The van der Waals surface area contributed by atoms with Crippen LogP contribution in [0.3, 0.4) is 0 Å². The van der Waals surface area contributed by atoms with Crippen molar-refractivity contribution in [1.82, 2.24) is 5.32 Å². The third-order valence-corrected chi connectivity index (χ3v) is 4.56. The number of hydrogen-bond donors (Lipinski definition) is 1. The van der Waals surface area contributed by atoms with E-state index in [0.717, 1.165) is 29.0 Å². The first-order valence-corrected chi connectivity index (χ1v) is 11.0. The summed E-state index contributed by atoms with van der Waals surface area (Å²) in [4.78, 5) is 8.41. The van der Waals surface area contributed by atoms with Gasteiger partial charge in [-0.25, -0.2) is 0 Å². The van der Waals surface area contributed by atoms with Gasteiger partial charge in [-0.05, 0) is 76.1 Å². The van der Waals surface area contributed by atoms with Crippen molar-refractivity contribution in [1.29, 1.82) is 0 Å². The molecule has 0 atom stereocenters. The Morgan fingerprint density at radius 1 is 1.00 bits per heavy atom. The highest BCUT2D eigenvalue weighted by Crippen LogP contribution is 2.14. The van der Waals surface area contributed by atoms with E-state index in [4.69, 9.17) is 0 Å². The van der Waals surface area contributed by atoms with Gasteiger partial charge in [0.2, 0.25) is 0 Å². The number of hydrogen-bond acceptors (Lipinski definition) is 3. The number of nitrogens with one attached hydrogen (secondary N) is 1. The summed E-state index contributed by atoms with van der Waals surface area (Å²) in [5.41, 5.74) is 5.43. The molecule has 0 saturated heterocycles. The van der Waals surface area contributed by atoms with E-state index in [0.29, 0.717) is 0 Å². The molecule has 0 unspecified atom stereocenters. The molecular formula is C29H41N3. The molecular weight excluding hydrogens is 390 g/mol. The summed E-state index contributed by atoms with van der Waals surface area (Å²) >= 11 is 0. The number of aliphatic imine (C=N–C) groups is 2. The number of benzene rings is 2. The molecule has 0 bridgehead atoms. The number of aryl methyl sites for hydroxylation is 1. The molecule has 0 spiro atoms. The second-order valence-electron chi connectivity index (χ2n) is 7.43. The Hall–Kier alpha value is -3.04. The van der Waals surface area contributed by atoms with Crippen molar-refractivity contribution in [3.8, 4) is 0 Å². The first-order valence-electron chi connectivity index (χ1n) is 11.0. The lowest BCUT2D eigenvalue weighted by atomic mass is 10.1.